The Morgan fingerprint density at radius 3 is 2.62 bits per heavy atom. The summed E-state index contributed by atoms with van der Waals surface area (Å²) in [4.78, 5) is 14.9. The topological polar surface area (TPSA) is 67.6 Å². The second-order valence-corrected chi connectivity index (χ2v) is 4.13. The third-order valence-electron chi connectivity index (χ3n) is 2.80. The lowest BCUT2D eigenvalue weighted by atomic mass is 10.3. The molecule has 0 bridgehead atoms. The fraction of sp³-hybridized carbons (Fsp3) is 0.818. The number of carboxylic acids is 1. The molecule has 90 valence electrons. The Morgan fingerprint density at radius 2 is 1.94 bits per heavy atom. The highest BCUT2D eigenvalue weighted by atomic mass is 16.4. The van der Waals surface area contributed by atoms with Gasteiger partial charge in [-0.05, 0) is 25.9 Å². The van der Waals surface area contributed by atoms with Crippen molar-refractivity contribution in [2.45, 2.75) is 19.3 Å². The van der Waals surface area contributed by atoms with E-state index in [9.17, 15) is 4.79 Å². The van der Waals surface area contributed by atoms with Crippen molar-refractivity contribution in [3.63, 3.8) is 0 Å². The molecule has 16 heavy (non-hydrogen) atoms. The van der Waals surface area contributed by atoms with Gasteiger partial charge in [0.25, 0.3) is 0 Å². The second-order valence-electron chi connectivity index (χ2n) is 4.13. The fourth-order valence-electron chi connectivity index (χ4n) is 1.98. The molecule has 1 fully saturated rings. The van der Waals surface area contributed by atoms with Crippen LogP contribution in [-0.2, 0) is 4.79 Å². The van der Waals surface area contributed by atoms with E-state index >= 15 is 0 Å². The molecule has 0 amide bonds. The van der Waals surface area contributed by atoms with Crippen molar-refractivity contribution in [3.05, 3.63) is 0 Å². The van der Waals surface area contributed by atoms with Crippen molar-refractivity contribution in [2.75, 3.05) is 39.3 Å². The number of carbonyl (C=O) groups is 1. The Hall–Kier alpha value is -1.12. The number of carboxylic acid groups (broad SMARTS) is 1. The second kappa shape index (κ2) is 7.20. The van der Waals surface area contributed by atoms with Crippen molar-refractivity contribution < 1.29 is 9.90 Å². The number of nitrogens with zero attached hydrogens (tertiary/aromatic N) is 3. The first kappa shape index (κ1) is 12.9. The first-order chi connectivity index (χ1) is 7.72. The van der Waals surface area contributed by atoms with Crippen molar-refractivity contribution >= 4 is 5.97 Å². The van der Waals surface area contributed by atoms with Gasteiger partial charge in [0, 0.05) is 26.1 Å². The van der Waals surface area contributed by atoms with Gasteiger partial charge in [-0.15, -0.1) is 0 Å². The minimum atomic E-state index is -0.752. The average Bonchev–Trinajstić information content (AvgIpc) is 2.44. The molecule has 5 nitrogen and oxygen atoms in total. The van der Waals surface area contributed by atoms with Gasteiger partial charge in [0.1, 0.15) is 0 Å². The molecule has 1 aliphatic rings. The summed E-state index contributed by atoms with van der Waals surface area (Å²) in [5.74, 6) is -0.752. The molecule has 0 aromatic carbocycles. The summed E-state index contributed by atoms with van der Waals surface area (Å²) < 4.78 is 0. The van der Waals surface area contributed by atoms with Crippen LogP contribution < -0.4 is 0 Å². The van der Waals surface area contributed by atoms with Gasteiger partial charge in [-0.3, -0.25) is 9.69 Å². The third-order valence-corrected chi connectivity index (χ3v) is 2.80. The molecule has 0 spiro atoms. The average molecular weight is 225 g/mol. The quantitative estimate of drug-likeness (QED) is 0.685. The zero-order chi connectivity index (χ0) is 11.8. The van der Waals surface area contributed by atoms with Crippen LogP contribution in [0.15, 0.2) is 0 Å². The first-order valence-corrected chi connectivity index (χ1v) is 5.76. The molecule has 0 atom stereocenters. The number of rotatable bonds is 5. The van der Waals surface area contributed by atoms with E-state index in [1.165, 1.54) is 0 Å². The van der Waals surface area contributed by atoms with Crippen LogP contribution in [0.2, 0.25) is 0 Å². The van der Waals surface area contributed by atoms with Crippen molar-refractivity contribution in [2.24, 2.45) is 0 Å². The zero-order valence-corrected chi connectivity index (χ0v) is 9.56. The molecule has 1 N–H and O–H groups in total. The maximum absolute atomic E-state index is 10.6. The van der Waals surface area contributed by atoms with E-state index in [0.717, 1.165) is 45.6 Å². The van der Waals surface area contributed by atoms with Gasteiger partial charge in [-0.25, -0.2) is 0 Å². The predicted octanol–water partition coefficient (Wildman–Crippen LogP) is 0.382. The fourth-order valence-corrected chi connectivity index (χ4v) is 1.98. The Kier molecular flexibility index (Phi) is 5.83. The Bertz CT molecular complexity index is 262. The van der Waals surface area contributed by atoms with E-state index in [1.807, 2.05) is 4.90 Å². The van der Waals surface area contributed by atoms with Crippen LogP contribution in [-0.4, -0.2) is 60.1 Å². The largest absolute Gasteiger partial charge is 0.480 e. The van der Waals surface area contributed by atoms with Crippen LogP contribution >= 0.6 is 0 Å². The molecular formula is C11H19N3O2. The van der Waals surface area contributed by atoms with Gasteiger partial charge < -0.3 is 10.0 Å². The third kappa shape index (κ3) is 5.10. The van der Waals surface area contributed by atoms with Crippen molar-refractivity contribution in [1.82, 2.24) is 9.80 Å². The van der Waals surface area contributed by atoms with E-state index < -0.39 is 5.97 Å². The van der Waals surface area contributed by atoms with Gasteiger partial charge in [-0.2, -0.15) is 5.26 Å². The summed E-state index contributed by atoms with van der Waals surface area (Å²) in [6.45, 7) is 4.71. The smallest absolute Gasteiger partial charge is 0.317 e. The molecule has 0 aromatic heterocycles. The lowest BCUT2D eigenvalue weighted by Gasteiger charge is -2.20. The summed E-state index contributed by atoms with van der Waals surface area (Å²) in [5, 5.41) is 17.2. The van der Waals surface area contributed by atoms with Gasteiger partial charge in [0.05, 0.1) is 12.6 Å². The van der Waals surface area contributed by atoms with E-state index in [0.29, 0.717) is 6.42 Å². The predicted molar refractivity (Wildman–Crippen MR) is 60.0 cm³/mol. The molecule has 0 radical (unpaired) electrons. The van der Waals surface area contributed by atoms with Crippen molar-refractivity contribution in [3.8, 4) is 6.07 Å². The Labute approximate surface area is 96.3 Å². The first-order valence-electron chi connectivity index (χ1n) is 5.76. The van der Waals surface area contributed by atoms with E-state index in [-0.39, 0.29) is 6.54 Å². The molecule has 0 unspecified atom stereocenters. The minimum absolute atomic E-state index is 0.145. The van der Waals surface area contributed by atoms with E-state index in [4.69, 9.17) is 10.4 Å². The number of hydrogen-bond donors (Lipinski definition) is 1. The van der Waals surface area contributed by atoms with Crippen LogP contribution in [0.3, 0.4) is 0 Å². The summed E-state index contributed by atoms with van der Waals surface area (Å²) in [6, 6.07) is 2.14. The van der Waals surface area contributed by atoms with Gasteiger partial charge in [0.2, 0.25) is 0 Å². The van der Waals surface area contributed by atoms with Crippen LogP contribution in [0.5, 0.6) is 0 Å². The summed E-state index contributed by atoms with van der Waals surface area (Å²) in [5.41, 5.74) is 0. The van der Waals surface area contributed by atoms with Gasteiger partial charge in [-0.1, -0.05) is 0 Å². The summed E-state index contributed by atoms with van der Waals surface area (Å²) in [7, 11) is 0. The molecule has 1 rings (SSSR count). The molecular weight excluding hydrogens is 206 g/mol. The molecule has 0 aromatic rings. The normalized spacial score (nSPS) is 18.9. The summed E-state index contributed by atoms with van der Waals surface area (Å²) in [6.07, 6.45) is 2.53. The molecule has 0 aliphatic carbocycles. The standard InChI is InChI=1S/C11H19N3O2/c12-4-1-2-5-13-6-3-7-14(9-8-13)10-11(15)16/h1-3,5-10H2,(H,15,16). The number of hydrogen-bond acceptors (Lipinski definition) is 4. The van der Waals surface area contributed by atoms with Gasteiger partial charge >= 0.3 is 5.97 Å². The SMILES string of the molecule is N#CCCCN1CCCN(CC(=O)O)CC1. The Balaban J connectivity index is 2.24. The van der Waals surface area contributed by atoms with E-state index in [1.54, 1.807) is 0 Å². The molecule has 5 heteroatoms. The number of aliphatic carboxylic acids is 1. The highest BCUT2D eigenvalue weighted by Crippen LogP contribution is 2.04. The van der Waals surface area contributed by atoms with Crippen LogP contribution in [0, 0.1) is 11.3 Å². The zero-order valence-electron chi connectivity index (χ0n) is 9.56. The highest BCUT2D eigenvalue weighted by molar-refractivity contribution is 5.69. The molecule has 1 saturated heterocycles. The van der Waals surface area contributed by atoms with Crippen molar-refractivity contribution in [1.29, 1.82) is 5.26 Å². The summed E-state index contributed by atoms with van der Waals surface area (Å²) >= 11 is 0. The lowest BCUT2D eigenvalue weighted by Crippen LogP contribution is -2.34. The van der Waals surface area contributed by atoms with Crippen LogP contribution in [0.1, 0.15) is 19.3 Å². The lowest BCUT2D eigenvalue weighted by molar-refractivity contribution is -0.138. The molecule has 0 saturated carbocycles. The van der Waals surface area contributed by atoms with Crippen LogP contribution in [0.25, 0.3) is 0 Å². The monoisotopic (exact) mass is 225 g/mol. The Morgan fingerprint density at radius 1 is 1.25 bits per heavy atom. The van der Waals surface area contributed by atoms with E-state index in [2.05, 4.69) is 11.0 Å². The van der Waals surface area contributed by atoms with Crippen LogP contribution in [0.4, 0.5) is 0 Å². The number of nitriles is 1. The molecule has 1 aliphatic heterocycles. The minimum Gasteiger partial charge on any atom is -0.480 e. The number of unbranched alkanes of at least 4 members (excludes halogenated alkanes) is 1. The molecule has 1 heterocycles. The van der Waals surface area contributed by atoms with Gasteiger partial charge in [0.15, 0.2) is 0 Å². The maximum atomic E-state index is 10.6. The highest BCUT2D eigenvalue weighted by Gasteiger charge is 2.15. The maximum Gasteiger partial charge on any atom is 0.317 e.